The fourth-order valence-electron chi connectivity index (χ4n) is 13.1. The topological polar surface area (TPSA) is 26.3 Å². The maximum atomic E-state index is 6.48. The molecular weight excluding hydrogens is 1020 g/mol. The first-order chi connectivity index (χ1) is 39.2. The van der Waals surface area contributed by atoms with E-state index in [1.165, 1.54) is 129 Å². The van der Waals surface area contributed by atoms with E-state index in [9.17, 15) is 0 Å². The summed E-state index contributed by atoms with van der Waals surface area (Å²) in [5.74, 6) is 0. The van der Waals surface area contributed by atoms with Crippen LogP contribution in [0.2, 0.25) is 0 Å². The summed E-state index contributed by atoms with van der Waals surface area (Å²) < 4.78 is 15.8. The van der Waals surface area contributed by atoms with E-state index in [1.54, 1.807) is 0 Å². The van der Waals surface area contributed by atoms with Crippen LogP contribution >= 0.6 is 0 Å². The van der Waals surface area contributed by atoms with Crippen molar-refractivity contribution in [3.8, 4) is 66.8 Å². The molecule has 0 radical (unpaired) electrons. The number of hydrogen-bond donors (Lipinski definition) is 0. The van der Waals surface area contributed by atoms with E-state index in [1.807, 2.05) is 0 Å². The molecule has 0 saturated heterocycles. The Labute approximate surface area is 460 Å². The van der Waals surface area contributed by atoms with Crippen molar-refractivity contribution in [2.45, 2.75) is 0 Å². The molecule has 2 nitrogen and oxygen atoms in total. The number of rotatable bonds is 6. The number of fused-ring (bicyclic) bond motifs is 13. The Hall–Kier alpha value is -9.76. The second-order valence-corrected chi connectivity index (χ2v) is 23.2. The fourth-order valence-corrected chi connectivity index (χ4v) is 15.8. The molecule has 0 N–H and O–H groups in total. The number of hydrogen-bond acceptors (Lipinski definition) is 2. The van der Waals surface area contributed by atoms with Crippen molar-refractivity contribution in [1.29, 1.82) is 0 Å². The van der Waals surface area contributed by atoms with Gasteiger partial charge in [-0.05, 0) is 22.8 Å². The van der Waals surface area contributed by atoms with Gasteiger partial charge >= 0.3 is 368 Å². The monoisotopic (exact) mass is 1070 g/mol. The van der Waals surface area contributed by atoms with Gasteiger partial charge in [0.05, 0.1) is 0 Å². The van der Waals surface area contributed by atoms with Crippen LogP contribution in [0.25, 0.3) is 173 Å². The van der Waals surface area contributed by atoms with Crippen molar-refractivity contribution in [3.63, 3.8) is 0 Å². The molecule has 3 heteroatoms. The first-order valence-corrected chi connectivity index (χ1v) is 28.8. The SMILES string of the molecule is c1ccc(-c2ccc3oc4ccc(-c5c6ccccc6c(-c6ccc7c(c6)[se]c6c(-c8c9ccccc9c(-c9ccc%10oc%11ccc(-c%12ccccc%12)cc%11c%10c9)c9ccccc89)cccc67)c6ccccc56)cc4c3c2)cc1. The van der Waals surface area contributed by atoms with Gasteiger partial charge in [0.25, 0.3) is 0 Å². The summed E-state index contributed by atoms with van der Waals surface area (Å²) in [5, 5.41) is 17.2. The van der Waals surface area contributed by atoms with Gasteiger partial charge in [0, 0.05) is 0 Å². The van der Waals surface area contributed by atoms with Crippen molar-refractivity contribution < 1.29 is 8.83 Å². The van der Waals surface area contributed by atoms with E-state index in [0.717, 1.165) is 43.9 Å². The Bertz CT molecular complexity index is 5250. The predicted molar refractivity (Wildman–Crippen MR) is 336 cm³/mol. The van der Waals surface area contributed by atoms with Crippen molar-refractivity contribution in [1.82, 2.24) is 0 Å². The Morgan fingerprint density at radius 3 is 0.949 bits per heavy atom. The van der Waals surface area contributed by atoms with E-state index in [0.29, 0.717) is 0 Å². The summed E-state index contributed by atoms with van der Waals surface area (Å²) in [6.45, 7) is 0. The molecule has 0 spiro atoms. The van der Waals surface area contributed by atoms with Crippen LogP contribution in [0.3, 0.4) is 0 Å². The molecule has 0 fully saturated rings. The van der Waals surface area contributed by atoms with Crippen molar-refractivity contribution >= 4 is 121 Å². The Balaban J connectivity index is 0.821. The quantitative estimate of drug-likeness (QED) is 0.123. The van der Waals surface area contributed by atoms with Crippen LogP contribution in [0.4, 0.5) is 0 Å². The van der Waals surface area contributed by atoms with E-state index < -0.39 is 0 Å². The number of furan rings is 2. The first kappa shape index (κ1) is 44.4. The molecule has 0 atom stereocenters. The molecule has 3 aromatic heterocycles. The maximum absolute atomic E-state index is 6.48. The smallest absolute Gasteiger partial charge is 0.0617 e. The molecule has 0 saturated carbocycles. The zero-order valence-electron chi connectivity index (χ0n) is 42.6. The molecule has 0 amide bonds. The summed E-state index contributed by atoms with van der Waals surface area (Å²) in [6.07, 6.45) is 0. The minimum Gasteiger partial charge on any atom is -0.0617 e. The average molecular weight is 1070 g/mol. The van der Waals surface area contributed by atoms with Crippen molar-refractivity contribution in [3.05, 3.63) is 267 Å². The molecule has 366 valence electrons. The van der Waals surface area contributed by atoms with Gasteiger partial charge < -0.3 is 0 Å². The third kappa shape index (κ3) is 6.84. The zero-order chi connectivity index (χ0) is 51.7. The van der Waals surface area contributed by atoms with Gasteiger partial charge in [-0.3, -0.25) is 0 Å². The van der Waals surface area contributed by atoms with Crippen LogP contribution < -0.4 is 0 Å². The fraction of sp³-hybridized carbons (Fsp3) is 0. The molecule has 0 aliphatic rings. The Morgan fingerprint density at radius 2 is 0.532 bits per heavy atom. The van der Waals surface area contributed by atoms with E-state index in [-0.39, 0.29) is 14.5 Å². The average Bonchev–Trinajstić information content (AvgIpc) is 4.24. The van der Waals surface area contributed by atoms with Gasteiger partial charge in [-0.15, -0.1) is 0 Å². The molecule has 79 heavy (non-hydrogen) atoms. The van der Waals surface area contributed by atoms with Crippen LogP contribution in [0.15, 0.2) is 276 Å². The minimum atomic E-state index is 0.0405. The molecule has 14 aromatic carbocycles. The normalized spacial score (nSPS) is 12.1. The zero-order valence-corrected chi connectivity index (χ0v) is 44.3. The molecule has 0 unspecified atom stereocenters. The van der Waals surface area contributed by atoms with E-state index >= 15 is 0 Å². The van der Waals surface area contributed by atoms with Crippen LogP contribution in [-0.2, 0) is 0 Å². The molecule has 0 aliphatic heterocycles. The van der Waals surface area contributed by atoms with Crippen molar-refractivity contribution in [2.75, 3.05) is 0 Å². The summed E-state index contributed by atoms with van der Waals surface area (Å²) in [4.78, 5) is 0. The first-order valence-electron chi connectivity index (χ1n) is 27.0. The van der Waals surface area contributed by atoms with Crippen LogP contribution in [0.5, 0.6) is 0 Å². The van der Waals surface area contributed by atoms with Gasteiger partial charge in [-0.2, -0.15) is 0 Å². The van der Waals surface area contributed by atoms with Crippen LogP contribution in [-0.4, -0.2) is 14.5 Å². The Morgan fingerprint density at radius 1 is 0.203 bits per heavy atom. The molecular formula is C76H44O2Se. The van der Waals surface area contributed by atoms with Crippen molar-refractivity contribution in [2.24, 2.45) is 0 Å². The number of benzene rings is 14. The summed E-state index contributed by atoms with van der Waals surface area (Å²) in [5.41, 5.74) is 18.3. The van der Waals surface area contributed by atoms with Gasteiger partial charge in [-0.25, -0.2) is 0 Å². The summed E-state index contributed by atoms with van der Waals surface area (Å²) >= 11 is 0.0405. The van der Waals surface area contributed by atoms with Crippen LogP contribution in [0, 0.1) is 0 Å². The Kier molecular flexibility index (Phi) is 9.76. The minimum absolute atomic E-state index is 0.0405. The van der Waals surface area contributed by atoms with Gasteiger partial charge in [0.1, 0.15) is 0 Å². The molecule has 17 rings (SSSR count). The van der Waals surface area contributed by atoms with E-state index in [4.69, 9.17) is 8.83 Å². The third-order valence-corrected chi connectivity index (χ3v) is 19.2. The molecule has 0 aliphatic carbocycles. The van der Waals surface area contributed by atoms with Crippen LogP contribution in [0.1, 0.15) is 0 Å². The molecule has 3 heterocycles. The van der Waals surface area contributed by atoms with E-state index in [2.05, 4.69) is 267 Å². The standard InChI is InChI=1S/C76H44O2Se/c1-3-16-45(17-4-1)47-31-36-67-63(40-47)65-42-49(33-38-69(65)77-67)72-53-20-7-9-22-55(53)74(56-23-10-8-21-54(56)72)51-30-35-52-61-28-15-29-62(76(61)79-71(52)44-51)75-59-26-13-11-24-57(59)73(58-25-12-14-27-60(58)75)50-34-39-70-66(43-50)64-41-48(32-37-68(64)78-70)46-18-5-2-6-19-46/h1-44H. The van der Waals surface area contributed by atoms with Gasteiger partial charge in [0.2, 0.25) is 0 Å². The third-order valence-electron chi connectivity index (χ3n) is 16.6. The second-order valence-electron chi connectivity index (χ2n) is 21.0. The van der Waals surface area contributed by atoms with Gasteiger partial charge in [-0.1, -0.05) is 72.8 Å². The molecule has 0 bridgehead atoms. The second kappa shape index (κ2) is 17.4. The summed E-state index contributed by atoms with van der Waals surface area (Å²) in [6, 6.07) is 98.3. The predicted octanol–water partition coefficient (Wildman–Crippen LogP) is 21.5. The van der Waals surface area contributed by atoms with Gasteiger partial charge in [0.15, 0.2) is 0 Å². The molecule has 17 aromatic rings. The summed E-state index contributed by atoms with van der Waals surface area (Å²) in [7, 11) is 0.